The van der Waals surface area contributed by atoms with Gasteiger partial charge in [0, 0.05) is 17.7 Å². The molecule has 4 heteroatoms. The number of carbonyl (C=O) groups is 1. The molecule has 0 bridgehead atoms. The zero-order chi connectivity index (χ0) is 18.1. The zero-order valence-electron chi connectivity index (χ0n) is 15.4. The van der Waals surface area contributed by atoms with E-state index in [-0.39, 0.29) is 5.91 Å². The van der Waals surface area contributed by atoms with Crippen molar-refractivity contribution in [1.82, 2.24) is 4.90 Å². The van der Waals surface area contributed by atoms with Gasteiger partial charge in [-0.05, 0) is 37.7 Å². The minimum absolute atomic E-state index is 0.00763. The first-order chi connectivity index (χ1) is 12.1. The highest BCUT2D eigenvalue weighted by Crippen LogP contribution is 2.25. The van der Waals surface area contributed by atoms with Gasteiger partial charge in [0.25, 0.3) is 0 Å². The fraction of sp³-hybridized carbons (Fsp3) is 0.381. The van der Waals surface area contributed by atoms with Crippen LogP contribution in [0.4, 0.5) is 5.69 Å². The van der Waals surface area contributed by atoms with Crippen molar-refractivity contribution in [2.45, 2.75) is 27.2 Å². The number of benzene rings is 2. The number of carbonyl (C=O) groups excluding carboxylic acids is 1. The maximum absolute atomic E-state index is 12.2. The van der Waals surface area contributed by atoms with Crippen molar-refractivity contribution >= 4 is 11.6 Å². The van der Waals surface area contributed by atoms with Gasteiger partial charge in [0.05, 0.1) is 13.2 Å². The van der Waals surface area contributed by atoms with Crippen LogP contribution in [0.1, 0.15) is 25.0 Å². The van der Waals surface area contributed by atoms with Crippen molar-refractivity contribution in [3.05, 3.63) is 59.7 Å². The first-order valence-corrected chi connectivity index (χ1v) is 8.92. The Morgan fingerprint density at radius 1 is 1.04 bits per heavy atom. The Hall–Kier alpha value is -2.33. The number of anilines is 1. The minimum Gasteiger partial charge on any atom is -0.493 e. The second-order valence-corrected chi connectivity index (χ2v) is 6.02. The third-order valence-corrected chi connectivity index (χ3v) is 4.31. The van der Waals surface area contributed by atoms with Crippen molar-refractivity contribution in [2.24, 2.45) is 0 Å². The standard InChI is InChI=1S/C21H28N2O2/c1-4-23(5-2)16-21(24)22-19-12-9-13-20(17(19)3)25-15-14-18-10-7-6-8-11-18/h6-13H,4-5,14-16H2,1-3H3,(H,22,24). The monoisotopic (exact) mass is 340 g/mol. The summed E-state index contributed by atoms with van der Waals surface area (Å²) in [5, 5.41) is 3.00. The zero-order valence-corrected chi connectivity index (χ0v) is 15.4. The molecular weight excluding hydrogens is 312 g/mol. The summed E-state index contributed by atoms with van der Waals surface area (Å²) in [6, 6.07) is 16.1. The molecule has 2 aromatic carbocycles. The largest absolute Gasteiger partial charge is 0.493 e. The van der Waals surface area contributed by atoms with Gasteiger partial charge in [0.2, 0.25) is 5.91 Å². The molecule has 1 amide bonds. The van der Waals surface area contributed by atoms with Gasteiger partial charge in [-0.2, -0.15) is 0 Å². The Bertz CT molecular complexity index is 667. The Kier molecular flexibility index (Phi) is 7.48. The Balaban J connectivity index is 1.93. The van der Waals surface area contributed by atoms with Crippen LogP contribution in [0.3, 0.4) is 0 Å². The highest BCUT2D eigenvalue weighted by Gasteiger charge is 2.11. The molecule has 4 nitrogen and oxygen atoms in total. The van der Waals surface area contributed by atoms with Crippen molar-refractivity contribution < 1.29 is 9.53 Å². The SMILES string of the molecule is CCN(CC)CC(=O)Nc1cccc(OCCc2ccccc2)c1C. The molecule has 0 unspecified atom stereocenters. The number of nitrogens with zero attached hydrogens (tertiary/aromatic N) is 1. The van der Waals surface area contributed by atoms with Crippen molar-refractivity contribution in [3.8, 4) is 5.75 Å². The van der Waals surface area contributed by atoms with Crippen LogP contribution < -0.4 is 10.1 Å². The Morgan fingerprint density at radius 3 is 2.44 bits per heavy atom. The second-order valence-electron chi connectivity index (χ2n) is 6.02. The average Bonchev–Trinajstić information content (AvgIpc) is 2.63. The van der Waals surface area contributed by atoms with Crippen LogP contribution in [-0.2, 0) is 11.2 Å². The summed E-state index contributed by atoms with van der Waals surface area (Å²) in [7, 11) is 0. The molecule has 0 heterocycles. The van der Waals surface area contributed by atoms with E-state index in [1.54, 1.807) is 0 Å². The minimum atomic E-state index is 0.00763. The number of hydrogen-bond donors (Lipinski definition) is 1. The quantitative estimate of drug-likeness (QED) is 0.753. The summed E-state index contributed by atoms with van der Waals surface area (Å²) in [6.45, 7) is 8.85. The van der Waals surface area contributed by atoms with Crippen LogP contribution in [0.25, 0.3) is 0 Å². The molecule has 1 N–H and O–H groups in total. The fourth-order valence-corrected chi connectivity index (χ4v) is 2.67. The van der Waals surface area contributed by atoms with Gasteiger partial charge in [-0.1, -0.05) is 50.2 Å². The molecule has 0 aromatic heterocycles. The summed E-state index contributed by atoms with van der Waals surface area (Å²) in [5.41, 5.74) is 3.03. The van der Waals surface area contributed by atoms with E-state index in [4.69, 9.17) is 4.74 Å². The molecule has 2 aromatic rings. The molecule has 0 saturated heterocycles. The Labute approximate surface area is 150 Å². The predicted octanol–water partition coefficient (Wildman–Crippen LogP) is 3.90. The van der Waals surface area contributed by atoms with E-state index in [1.165, 1.54) is 5.56 Å². The lowest BCUT2D eigenvalue weighted by Crippen LogP contribution is -2.33. The van der Waals surface area contributed by atoms with Gasteiger partial charge in [0.1, 0.15) is 5.75 Å². The molecule has 0 aliphatic heterocycles. The second kappa shape index (κ2) is 9.84. The molecule has 0 aliphatic carbocycles. The van der Waals surface area contributed by atoms with Crippen LogP contribution in [-0.4, -0.2) is 37.0 Å². The van der Waals surface area contributed by atoms with E-state index in [0.29, 0.717) is 13.2 Å². The maximum atomic E-state index is 12.2. The third kappa shape index (κ3) is 5.91. The first kappa shape index (κ1) is 19.0. The van der Waals surface area contributed by atoms with Crippen LogP contribution in [0.15, 0.2) is 48.5 Å². The predicted molar refractivity (Wildman–Crippen MR) is 103 cm³/mol. The van der Waals surface area contributed by atoms with Gasteiger partial charge in [-0.3, -0.25) is 9.69 Å². The molecule has 0 atom stereocenters. The van der Waals surface area contributed by atoms with Crippen LogP contribution in [0, 0.1) is 6.92 Å². The summed E-state index contributed by atoms with van der Waals surface area (Å²) in [4.78, 5) is 14.3. The van der Waals surface area contributed by atoms with E-state index in [2.05, 4.69) is 36.2 Å². The topological polar surface area (TPSA) is 41.6 Å². The third-order valence-electron chi connectivity index (χ3n) is 4.31. The smallest absolute Gasteiger partial charge is 0.238 e. The average molecular weight is 340 g/mol. The van der Waals surface area contributed by atoms with Crippen LogP contribution >= 0.6 is 0 Å². The number of nitrogens with one attached hydrogen (secondary N) is 1. The maximum Gasteiger partial charge on any atom is 0.238 e. The van der Waals surface area contributed by atoms with E-state index < -0.39 is 0 Å². The van der Waals surface area contributed by atoms with E-state index >= 15 is 0 Å². The number of rotatable bonds is 9. The lowest BCUT2D eigenvalue weighted by molar-refractivity contribution is -0.117. The number of amides is 1. The lowest BCUT2D eigenvalue weighted by Gasteiger charge is -2.18. The molecule has 25 heavy (non-hydrogen) atoms. The molecule has 134 valence electrons. The van der Waals surface area contributed by atoms with Gasteiger partial charge in [-0.25, -0.2) is 0 Å². The lowest BCUT2D eigenvalue weighted by atomic mass is 10.1. The highest BCUT2D eigenvalue weighted by molar-refractivity contribution is 5.93. The summed E-state index contributed by atoms with van der Waals surface area (Å²) in [5.74, 6) is 0.824. The van der Waals surface area contributed by atoms with E-state index in [9.17, 15) is 4.79 Å². The van der Waals surface area contributed by atoms with Crippen LogP contribution in [0.2, 0.25) is 0 Å². The summed E-state index contributed by atoms with van der Waals surface area (Å²) < 4.78 is 5.92. The molecule has 0 spiro atoms. The number of ether oxygens (including phenoxy) is 1. The van der Waals surface area contributed by atoms with Crippen molar-refractivity contribution in [3.63, 3.8) is 0 Å². The molecule has 2 rings (SSSR count). The molecule has 0 saturated carbocycles. The normalized spacial score (nSPS) is 10.7. The van der Waals surface area contributed by atoms with Crippen molar-refractivity contribution in [1.29, 1.82) is 0 Å². The highest BCUT2D eigenvalue weighted by atomic mass is 16.5. The van der Waals surface area contributed by atoms with Gasteiger partial charge < -0.3 is 10.1 Å². The van der Waals surface area contributed by atoms with Gasteiger partial charge in [0.15, 0.2) is 0 Å². The number of hydrogen-bond acceptors (Lipinski definition) is 3. The Morgan fingerprint density at radius 2 is 1.76 bits per heavy atom. The molecule has 0 aliphatic rings. The fourth-order valence-electron chi connectivity index (χ4n) is 2.67. The summed E-state index contributed by atoms with van der Waals surface area (Å²) >= 11 is 0. The number of likely N-dealkylation sites (N-methyl/N-ethyl adjacent to an activating group) is 1. The van der Waals surface area contributed by atoms with Crippen molar-refractivity contribution in [2.75, 3.05) is 31.6 Å². The van der Waals surface area contributed by atoms with E-state index in [0.717, 1.165) is 36.5 Å². The van der Waals surface area contributed by atoms with E-state index in [1.807, 2.05) is 43.3 Å². The first-order valence-electron chi connectivity index (χ1n) is 8.92. The molecule has 0 radical (unpaired) electrons. The van der Waals surface area contributed by atoms with Crippen LogP contribution in [0.5, 0.6) is 5.75 Å². The van der Waals surface area contributed by atoms with Gasteiger partial charge >= 0.3 is 0 Å². The molecular formula is C21H28N2O2. The summed E-state index contributed by atoms with van der Waals surface area (Å²) in [6.07, 6.45) is 0.860. The van der Waals surface area contributed by atoms with Gasteiger partial charge in [-0.15, -0.1) is 0 Å². The molecule has 0 fully saturated rings.